The molecular formula is C22H29N7OS. The number of piperidine rings is 1. The molecule has 9 heteroatoms. The topological polar surface area (TPSA) is 101 Å². The minimum absolute atomic E-state index is 0.0254. The normalized spacial score (nSPS) is 18.8. The van der Waals surface area contributed by atoms with Crippen molar-refractivity contribution in [3.63, 3.8) is 0 Å². The van der Waals surface area contributed by atoms with Gasteiger partial charge in [-0.05, 0) is 41.5 Å². The van der Waals surface area contributed by atoms with Crippen LogP contribution in [-0.4, -0.2) is 48.0 Å². The van der Waals surface area contributed by atoms with Crippen molar-refractivity contribution >= 4 is 22.0 Å². The average Bonchev–Trinajstić information content (AvgIpc) is 3.30. The van der Waals surface area contributed by atoms with E-state index < -0.39 is 0 Å². The predicted molar refractivity (Wildman–Crippen MR) is 123 cm³/mol. The molecule has 0 spiro atoms. The lowest BCUT2D eigenvalue weighted by atomic mass is 9.81. The van der Waals surface area contributed by atoms with Crippen molar-refractivity contribution in [2.75, 3.05) is 0 Å². The highest BCUT2D eigenvalue weighted by Crippen LogP contribution is 2.36. The summed E-state index contributed by atoms with van der Waals surface area (Å²) in [5.74, 6) is 0. The SMILES string of the molecule is C/C(=N\c1sc(OC2CC(C)(C)NC(C)(C)C2)nc1C)c1cnc(-c2cn[nH]c2)cn1. The number of aryl methyl sites for hydroxylation is 1. The van der Waals surface area contributed by atoms with Crippen LogP contribution in [0.2, 0.25) is 0 Å². The third-order valence-corrected chi connectivity index (χ3v) is 6.20. The van der Waals surface area contributed by atoms with E-state index in [1.807, 2.05) is 13.8 Å². The minimum atomic E-state index is 0.0254. The molecule has 4 heterocycles. The highest BCUT2D eigenvalue weighted by molar-refractivity contribution is 7.17. The molecule has 0 unspecified atom stereocenters. The number of H-pyrrole nitrogens is 1. The highest BCUT2D eigenvalue weighted by Gasteiger charge is 2.39. The Bertz CT molecular complexity index is 1050. The lowest BCUT2D eigenvalue weighted by Crippen LogP contribution is -2.60. The molecule has 0 radical (unpaired) electrons. The Kier molecular flexibility index (Phi) is 5.65. The number of aliphatic imine (C=N–C) groups is 1. The van der Waals surface area contributed by atoms with Crippen molar-refractivity contribution in [1.82, 2.24) is 30.5 Å². The molecule has 0 aliphatic carbocycles. The molecule has 1 aliphatic rings. The fraction of sp³-hybridized carbons (Fsp3) is 0.500. The zero-order valence-electron chi connectivity index (χ0n) is 18.9. The summed E-state index contributed by atoms with van der Waals surface area (Å²) in [6.45, 7) is 12.8. The summed E-state index contributed by atoms with van der Waals surface area (Å²) in [5, 5.41) is 11.9. The van der Waals surface area contributed by atoms with Gasteiger partial charge >= 0.3 is 0 Å². The summed E-state index contributed by atoms with van der Waals surface area (Å²) >= 11 is 1.48. The summed E-state index contributed by atoms with van der Waals surface area (Å²) in [6.07, 6.45) is 8.96. The molecule has 3 aromatic rings. The Balaban J connectivity index is 1.49. The second kappa shape index (κ2) is 8.12. The van der Waals surface area contributed by atoms with Crippen LogP contribution in [0.3, 0.4) is 0 Å². The quantitative estimate of drug-likeness (QED) is 0.569. The maximum atomic E-state index is 6.29. The third-order valence-electron chi connectivity index (χ3n) is 5.26. The zero-order valence-corrected chi connectivity index (χ0v) is 19.7. The van der Waals surface area contributed by atoms with Crippen molar-refractivity contribution in [2.45, 2.75) is 71.6 Å². The molecule has 8 nitrogen and oxygen atoms in total. The van der Waals surface area contributed by atoms with Gasteiger partial charge in [-0.3, -0.25) is 15.1 Å². The molecule has 0 amide bonds. The molecule has 31 heavy (non-hydrogen) atoms. The molecule has 1 saturated heterocycles. The van der Waals surface area contributed by atoms with Crippen LogP contribution in [-0.2, 0) is 0 Å². The molecule has 1 fully saturated rings. The van der Waals surface area contributed by atoms with Gasteiger partial charge in [0.1, 0.15) is 16.8 Å². The van der Waals surface area contributed by atoms with Crippen LogP contribution in [0, 0.1) is 6.92 Å². The largest absolute Gasteiger partial charge is 0.467 e. The van der Waals surface area contributed by atoms with E-state index in [1.54, 1.807) is 24.8 Å². The van der Waals surface area contributed by atoms with E-state index in [4.69, 9.17) is 9.73 Å². The second-order valence-electron chi connectivity index (χ2n) is 9.38. The Morgan fingerprint density at radius 2 is 1.87 bits per heavy atom. The minimum Gasteiger partial charge on any atom is -0.467 e. The van der Waals surface area contributed by atoms with E-state index in [0.29, 0.717) is 5.19 Å². The van der Waals surface area contributed by atoms with Gasteiger partial charge in [-0.2, -0.15) is 5.10 Å². The molecule has 0 saturated carbocycles. The van der Waals surface area contributed by atoms with Crippen molar-refractivity contribution < 1.29 is 4.74 Å². The van der Waals surface area contributed by atoms with Gasteiger partial charge in [-0.25, -0.2) is 9.98 Å². The van der Waals surface area contributed by atoms with Gasteiger partial charge in [0.15, 0.2) is 0 Å². The van der Waals surface area contributed by atoms with Crippen LogP contribution in [0.25, 0.3) is 11.3 Å². The first-order valence-electron chi connectivity index (χ1n) is 10.4. The van der Waals surface area contributed by atoms with Crippen molar-refractivity contribution in [3.05, 3.63) is 36.2 Å². The molecule has 2 N–H and O–H groups in total. The van der Waals surface area contributed by atoms with Gasteiger partial charge in [-0.15, -0.1) is 0 Å². The number of rotatable bonds is 5. The van der Waals surface area contributed by atoms with Crippen molar-refractivity contribution in [3.8, 4) is 16.5 Å². The summed E-state index contributed by atoms with van der Waals surface area (Å²) in [4.78, 5) is 18.3. The number of hydrogen-bond acceptors (Lipinski definition) is 8. The predicted octanol–water partition coefficient (Wildman–Crippen LogP) is 4.46. The molecule has 0 bridgehead atoms. The number of nitrogens with zero attached hydrogens (tertiary/aromatic N) is 5. The Labute approximate surface area is 186 Å². The lowest BCUT2D eigenvalue weighted by molar-refractivity contribution is 0.0557. The number of nitrogens with one attached hydrogen (secondary N) is 2. The van der Waals surface area contributed by atoms with Crippen LogP contribution in [0.15, 0.2) is 29.8 Å². The molecular weight excluding hydrogens is 410 g/mol. The van der Waals surface area contributed by atoms with Gasteiger partial charge in [0, 0.05) is 35.7 Å². The monoisotopic (exact) mass is 439 g/mol. The van der Waals surface area contributed by atoms with E-state index in [0.717, 1.165) is 46.2 Å². The number of aromatic amines is 1. The van der Waals surface area contributed by atoms with Crippen LogP contribution >= 0.6 is 11.3 Å². The van der Waals surface area contributed by atoms with Crippen molar-refractivity contribution in [2.24, 2.45) is 4.99 Å². The zero-order chi connectivity index (χ0) is 22.2. The lowest BCUT2D eigenvalue weighted by Gasteiger charge is -2.45. The van der Waals surface area contributed by atoms with Crippen LogP contribution in [0.5, 0.6) is 5.19 Å². The second-order valence-corrected chi connectivity index (χ2v) is 10.3. The number of hydrogen-bond donors (Lipinski definition) is 2. The Morgan fingerprint density at radius 1 is 1.13 bits per heavy atom. The Morgan fingerprint density at radius 3 is 2.48 bits per heavy atom. The Hall–Kier alpha value is -2.65. The fourth-order valence-electron chi connectivity index (χ4n) is 4.24. The molecule has 1 aliphatic heterocycles. The van der Waals surface area contributed by atoms with E-state index in [1.165, 1.54) is 11.3 Å². The molecule has 164 valence electrons. The molecule has 0 atom stereocenters. The van der Waals surface area contributed by atoms with Crippen LogP contribution in [0.1, 0.15) is 58.8 Å². The maximum Gasteiger partial charge on any atom is 0.275 e. The van der Waals surface area contributed by atoms with E-state index >= 15 is 0 Å². The first kappa shape index (κ1) is 21.6. The van der Waals surface area contributed by atoms with Gasteiger partial charge < -0.3 is 10.1 Å². The van der Waals surface area contributed by atoms with Crippen molar-refractivity contribution in [1.29, 1.82) is 0 Å². The molecule has 3 aromatic heterocycles. The van der Waals surface area contributed by atoms with Gasteiger partial charge in [0.25, 0.3) is 5.19 Å². The summed E-state index contributed by atoms with van der Waals surface area (Å²) < 4.78 is 6.29. The van der Waals surface area contributed by atoms with Gasteiger partial charge in [0.2, 0.25) is 0 Å². The third kappa shape index (κ3) is 5.16. The first-order chi connectivity index (χ1) is 14.6. The summed E-state index contributed by atoms with van der Waals surface area (Å²) in [6, 6.07) is 0. The van der Waals surface area contributed by atoms with Gasteiger partial charge in [-0.1, -0.05) is 11.3 Å². The first-order valence-corrected chi connectivity index (χ1v) is 11.2. The smallest absolute Gasteiger partial charge is 0.275 e. The average molecular weight is 440 g/mol. The fourth-order valence-corrected chi connectivity index (χ4v) is 5.15. The van der Waals surface area contributed by atoms with Gasteiger partial charge in [0.05, 0.1) is 35.7 Å². The highest BCUT2D eigenvalue weighted by atomic mass is 32.1. The molecule has 0 aromatic carbocycles. The van der Waals surface area contributed by atoms with Crippen LogP contribution in [0.4, 0.5) is 5.00 Å². The van der Waals surface area contributed by atoms with E-state index in [-0.39, 0.29) is 17.2 Å². The number of aromatic nitrogens is 5. The summed E-state index contributed by atoms with van der Waals surface area (Å²) in [7, 11) is 0. The molecule has 4 rings (SSSR count). The van der Waals surface area contributed by atoms with E-state index in [9.17, 15) is 0 Å². The maximum absolute atomic E-state index is 6.29. The van der Waals surface area contributed by atoms with E-state index in [2.05, 4.69) is 58.2 Å². The van der Waals surface area contributed by atoms with Crippen LogP contribution < -0.4 is 10.1 Å². The standard InChI is InChI=1S/C22H29N7OS/c1-13(17-11-24-18(12-23-17)15-9-25-26-10-15)27-19-14(2)28-20(31-19)30-16-7-21(3,4)29-22(5,6)8-16/h9-12,16,29H,7-8H2,1-6H3,(H,25,26)/b27-13+. The summed E-state index contributed by atoms with van der Waals surface area (Å²) in [5.41, 5.74) is 4.09. The number of ether oxygens (including phenoxy) is 1. The number of thiazole rings is 1.